The molecule has 2 rings (SSSR count). The molecule has 0 saturated carbocycles. The Labute approximate surface area is 95.3 Å². The van der Waals surface area contributed by atoms with Gasteiger partial charge in [-0.25, -0.2) is 8.42 Å². The molecule has 15 heavy (non-hydrogen) atoms. The molecular formula is C8H7ClN2O2S2. The second-order valence-corrected chi connectivity index (χ2v) is 6.73. The SMILES string of the molecule is Cc1sc(-c2ccn[nH]2)cc1S(=O)(=O)Cl. The summed E-state index contributed by atoms with van der Waals surface area (Å²) in [6.45, 7) is 1.72. The third kappa shape index (κ3) is 2.06. The van der Waals surface area contributed by atoms with Gasteiger partial charge in [-0.2, -0.15) is 5.10 Å². The first-order valence-electron chi connectivity index (χ1n) is 4.03. The van der Waals surface area contributed by atoms with Crippen LogP contribution < -0.4 is 0 Å². The zero-order valence-corrected chi connectivity index (χ0v) is 10.1. The molecule has 2 aromatic rings. The van der Waals surface area contributed by atoms with Gasteiger partial charge in [-0.1, -0.05) is 0 Å². The Kier molecular flexibility index (Phi) is 2.57. The molecule has 1 N–H and O–H groups in total. The van der Waals surface area contributed by atoms with Crippen molar-refractivity contribution in [3.05, 3.63) is 23.2 Å². The summed E-state index contributed by atoms with van der Waals surface area (Å²) in [5.41, 5.74) is 0.787. The molecule has 0 radical (unpaired) electrons. The molecule has 0 fully saturated rings. The molecule has 0 aliphatic rings. The van der Waals surface area contributed by atoms with Crippen molar-refractivity contribution in [1.82, 2.24) is 10.2 Å². The first-order chi connectivity index (χ1) is 6.98. The van der Waals surface area contributed by atoms with Gasteiger partial charge in [-0.3, -0.25) is 5.10 Å². The predicted molar refractivity (Wildman–Crippen MR) is 59.7 cm³/mol. The third-order valence-electron chi connectivity index (χ3n) is 1.90. The fourth-order valence-electron chi connectivity index (χ4n) is 1.23. The van der Waals surface area contributed by atoms with Crippen LogP contribution in [0.25, 0.3) is 10.6 Å². The van der Waals surface area contributed by atoms with Gasteiger partial charge < -0.3 is 0 Å². The van der Waals surface area contributed by atoms with Crippen LogP contribution in [0.1, 0.15) is 4.88 Å². The van der Waals surface area contributed by atoms with E-state index in [2.05, 4.69) is 10.2 Å². The Morgan fingerprint density at radius 1 is 1.53 bits per heavy atom. The number of aromatic nitrogens is 2. The lowest BCUT2D eigenvalue weighted by Gasteiger charge is -1.89. The van der Waals surface area contributed by atoms with Gasteiger partial charge in [0, 0.05) is 21.8 Å². The molecule has 80 valence electrons. The lowest BCUT2D eigenvalue weighted by molar-refractivity contribution is 0.609. The van der Waals surface area contributed by atoms with Crippen LogP contribution in [0, 0.1) is 6.92 Å². The smallest absolute Gasteiger partial charge is 0.262 e. The monoisotopic (exact) mass is 262 g/mol. The van der Waals surface area contributed by atoms with Gasteiger partial charge in [0.15, 0.2) is 0 Å². The highest BCUT2D eigenvalue weighted by Gasteiger charge is 2.18. The summed E-state index contributed by atoms with van der Waals surface area (Å²) in [5, 5.41) is 6.57. The lowest BCUT2D eigenvalue weighted by Crippen LogP contribution is -1.88. The molecule has 0 spiro atoms. The number of hydrogen-bond acceptors (Lipinski definition) is 4. The molecule has 0 unspecified atom stereocenters. The highest BCUT2D eigenvalue weighted by molar-refractivity contribution is 8.13. The molecule has 0 aliphatic carbocycles. The van der Waals surface area contributed by atoms with E-state index in [1.54, 1.807) is 25.3 Å². The maximum absolute atomic E-state index is 11.2. The van der Waals surface area contributed by atoms with Crippen molar-refractivity contribution in [2.75, 3.05) is 0 Å². The Morgan fingerprint density at radius 2 is 2.27 bits per heavy atom. The molecule has 0 saturated heterocycles. The van der Waals surface area contributed by atoms with E-state index in [0.29, 0.717) is 4.88 Å². The molecule has 0 amide bonds. The second kappa shape index (κ2) is 3.62. The number of nitrogens with one attached hydrogen (secondary N) is 1. The Morgan fingerprint density at radius 3 is 2.73 bits per heavy atom. The molecular weight excluding hydrogens is 256 g/mol. The predicted octanol–water partition coefficient (Wildman–Crippen LogP) is 2.37. The van der Waals surface area contributed by atoms with Gasteiger partial charge in [0.2, 0.25) is 0 Å². The Hall–Kier alpha value is -0.850. The average Bonchev–Trinajstić information content (AvgIpc) is 2.68. The summed E-state index contributed by atoms with van der Waals surface area (Å²) in [7, 11) is 1.64. The summed E-state index contributed by atoms with van der Waals surface area (Å²) in [6, 6.07) is 3.33. The van der Waals surface area contributed by atoms with Crippen molar-refractivity contribution in [3.63, 3.8) is 0 Å². The van der Waals surface area contributed by atoms with Crippen LogP contribution in [0.4, 0.5) is 0 Å². The largest absolute Gasteiger partial charge is 0.277 e. The molecule has 0 bridgehead atoms. The molecule has 2 aromatic heterocycles. The zero-order valence-electron chi connectivity index (χ0n) is 7.69. The van der Waals surface area contributed by atoms with Crippen molar-refractivity contribution in [2.45, 2.75) is 11.8 Å². The van der Waals surface area contributed by atoms with Crippen LogP contribution in [0.15, 0.2) is 23.2 Å². The van der Waals surface area contributed by atoms with Crippen molar-refractivity contribution in [3.8, 4) is 10.6 Å². The maximum atomic E-state index is 11.2. The van der Waals surface area contributed by atoms with E-state index in [-0.39, 0.29) is 4.90 Å². The van der Waals surface area contributed by atoms with Gasteiger partial charge >= 0.3 is 0 Å². The Bertz CT molecular complexity index is 572. The minimum atomic E-state index is -3.66. The quantitative estimate of drug-likeness (QED) is 0.845. The number of thiophene rings is 1. The Balaban J connectivity index is 2.56. The van der Waals surface area contributed by atoms with Crippen LogP contribution in [0.3, 0.4) is 0 Å². The minimum Gasteiger partial charge on any atom is -0.277 e. The number of rotatable bonds is 2. The van der Waals surface area contributed by atoms with E-state index in [1.807, 2.05) is 0 Å². The lowest BCUT2D eigenvalue weighted by atomic mass is 10.3. The fraction of sp³-hybridized carbons (Fsp3) is 0.125. The highest BCUT2D eigenvalue weighted by Crippen LogP contribution is 2.33. The van der Waals surface area contributed by atoms with Crippen molar-refractivity contribution >= 4 is 31.1 Å². The number of aromatic amines is 1. The normalized spacial score (nSPS) is 11.9. The zero-order chi connectivity index (χ0) is 11.1. The summed E-state index contributed by atoms with van der Waals surface area (Å²) in [5.74, 6) is 0. The van der Waals surface area contributed by atoms with Gasteiger partial charge in [0.1, 0.15) is 0 Å². The minimum absolute atomic E-state index is 0.166. The summed E-state index contributed by atoms with van der Waals surface area (Å²) in [6.07, 6.45) is 1.61. The first kappa shape index (κ1) is 10.7. The number of nitrogens with zero attached hydrogens (tertiary/aromatic N) is 1. The van der Waals surface area contributed by atoms with Crippen LogP contribution in [-0.2, 0) is 9.05 Å². The number of halogens is 1. The van der Waals surface area contributed by atoms with E-state index < -0.39 is 9.05 Å². The molecule has 0 aromatic carbocycles. The van der Waals surface area contributed by atoms with E-state index in [0.717, 1.165) is 10.6 Å². The van der Waals surface area contributed by atoms with Gasteiger partial charge in [-0.05, 0) is 19.1 Å². The van der Waals surface area contributed by atoms with Gasteiger partial charge in [0.25, 0.3) is 9.05 Å². The molecule has 2 heterocycles. The van der Waals surface area contributed by atoms with E-state index >= 15 is 0 Å². The van der Waals surface area contributed by atoms with Crippen LogP contribution in [0.5, 0.6) is 0 Å². The first-order valence-corrected chi connectivity index (χ1v) is 7.16. The second-order valence-electron chi connectivity index (χ2n) is 2.94. The summed E-state index contributed by atoms with van der Waals surface area (Å²) >= 11 is 1.36. The summed E-state index contributed by atoms with van der Waals surface area (Å²) < 4.78 is 22.4. The maximum Gasteiger partial charge on any atom is 0.262 e. The summed E-state index contributed by atoms with van der Waals surface area (Å²) in [4.78, 5) is 1.65. The number of hydrogen-bond donors (Lipinski definition) is 1. The average molecular weight is 263 g/mol. The van der Waals surface area contributed by atoms with Gasteiger partial charge in [-0.15, -0.1) is 11.3 Å². The van der Waals surface area contributed by atoms with E-state index in [1.165, 1.54) is 11.3 Å². The number of aryl methyl sites for hydroxylation is 1. The van der Waals surface area contributed by atoms with Gasteiger partial charge in [0.05, 0.1) is 15.5 Å². The fourth-order valence-corrected chi connectivity index (χ4v) is 3.87. The molecule has 0 aliphatic heterocycles. The third-order valence-corrected chi connectivity index (χ3v) is 4.56. The number of H-pyrrole nitrogens is 1. The van der Waals surface area contributed by atoms with Crippen LogP contribution in [0.2, 0.25) is 0 Å². The van der Waals surface area contributed by atoms with E-state index in [9.17, 15) is 8.42 Å². The topological polar surface area (TPSA) is 62.8 Å². The van der Waals surface area contributed by atoms with Crippen molar-refractivity contribution in [2.24, 2.45) is 0 Å². The standard InChI is InChI=1S/C8H7ClN2O2S2/c1-5-8(15(9,12)13)4-7(14-5)6-2-3-10-11-6/h2-4H,1H3,(H,10,11). The van der Waals surface area contributed by atoms with Crippen LogP contribution in [-0.4, -0.2) is 18.6 Å². The molecule has 4 nitrogen and oxygen atoms in total. The van der Waals surface area contributed by atoms with Crippen LogP contribution >= 0.6 is 22.0 Å². The van der Waals surface area contributed by atoms with Crippen molar-refractivity contribution < 1.29 is 8.42 Å². The highest BCUT2D eigenvalue weighted by atomic mass is 35.7. The molecule has 7 heteroatoms. The molecule has 0 atom stereocenters. The van der Waals surface area contributed by atoms with Crippen molar-refractivity contribution in [1.29, 1.82) is 0 Å². The van der Waals surface area contributed by atoms with E-state index in [4.69, 9.17) is 10.7 Å².